The number of benzene rings is 2. The van der Waals surface area contributed by atoms with Gasteiger partial charge in [0.05, 0.1) is 5.75 Å². The summed E-state index contributed by atoms with van der Waals surface area (Å²) >= 11 is 3.31. The van der Waals surface area contributed by atoms with Crippen molar-refractivity contribution < 1.29 is 27.1 Å². The van der Waals surface area contributed by atoms with Gasteiger partial charge >= 0.3 is 0 Å². The molecule has 0 aromatic heterocycles. The molecule has 0 saturated carbocycles. The summed E-state index contributed by atoms with van der Waals surface area (Å²) in [6.07, 6.45) is 0. The molecule has 1 aliphatic heterocycles. The van der Waals surface area contributed by atoms with Crippen LogP contribution < -0.4 is 9.46 Å². The van der Waals surface area contributed by atoms with E-state index in [9.17, 15) is 22.4 Å². The van der Waals surface area contributed by atoms with Crippen molar-refractivity contribution in [2.45, 2.75) is 45.2 Å². The van der Waals surface area contributed by atoms with Gasteiger partial charge in [-0.15, -0.1) is 0 Å². The van der Waals surface area contributed by atoms with Gasteiger partial charge in [-0.25, -0.2) is 12.8 Å². The Morgan fingerprint density at radius 1 is 1.11 bits per heavy atom. The SMILES string of the molecule is CC(=O)NS(=O)(=O)Cc1cc(Br)ccc1OCC(=O)N1C[C@H](C)N(Cc2ccc(F)cc2)C[C@H]1C. The first-order chi connectivity index (χ1) is 16.4. The number of carbonyl (C=O) groups excluding carboxylic acids is 2. The minimum atomic E-state index is -3.90. The van der Waals surface area contributed by atoms with Crippen LogP contribution >= 0.6 is 15.9 Å². The number of hydrogen-bond acceptors (Lipinski definition) is 6. The molecule has 0 bridgehead atoms. The van der Waals surface area contributed by atoms with E-state index in [-0.39, 0.29) is 36.2 Å². The van der Waals surface area contributed by atoms with Crippen molar-refractivity contribution >= 4 is 37.8 Å². The van der Waals surface area contributed by atoms with Gasteiger partial charge in [-0.1, -0.05) is 28.1 Å². The van der Waals surface area contributed by atoms with Crippen LogP contribution in [-0.2, 0) is 31.9 Å². The highest BCUT2D eigenvalue weighted by molar-refractivity contribution is 9.10. The largest absolute Gasteiger partial charge is 0.483 e. The number of ether oxygens (including phenoxy) is 1. The summed E-state index contributed by atoms with van der Waals surface area (Å²) in [5, 5.41) is 0. The number of carbonyl (C=O) groups is 2. The Balaban J connectivity index is 1.62. The van der Waals surface area contributed by atoms with Gasteiger partial charge in [0.25, 0.3) is 5.91 Å². The van der Waals surface area contributed by atoms with E-state index in [0.29, 0.717) is 29.7 Å². The van der Waals surface area contributed by atoms with Crippen LogP contribution in [0.1, 0.15) is 31.9 Å². The highest BCUT2D eigenvalue weighted by Gasteiger charge is 2.32. The summed E-state index contributed by atoms with van der Waals surface area (Å²) in [6, 6.07) is 11.3. The Labute approximate surface area is 213 Å². The fourth-order valence-corrected chi connectivity index (χ4v) is 5.63. The van der Waals surface area contributed by atoms with Crippen LogP contribution in [0.15, 0.2) is 46.9 Å². The molecule has 3 rings (SSSR count). The molecule has 1 fully saturated rings. The van der Waals surface area contributed by atoms with Crippen molar-refractivity contribution in [1.82, 2.24) is 14.5 Å². The van der Waals surface area contributed by atoms with Crippen LogP contribution in [0.25, 0.3) is 0 Å². The van der Waals surface area contributed by atoms with Gasteiger partial charge in [-0.05, 0) is 49.7 Å². The lowest BCUT2D eigenvalue weighted by Gasteiger charge is -2.44. The van der Waals surface area contributed by atoms with E-state index in [1.807, 2.05) is 18.6 Å². The molecular weight excluding hydrogens is 541 g/mol. The minimum Gasteiger partial charge on any atom is -0.483 e. The Morgan fingerprint density at radius 3 is 2.46 bits per heavy atom. The van der Waals surface area contributed by atoms with Crippen LogP contribution in [-0.4, -0.2) is 61.8 Å². The molecule has 1 heterocycles. The third-order valence-corrected chi connectivity index (χ3v) is 7.54. The lowest BCUT2D eigenvalue weighted by atomic mass is 10.1. The molecule has 2 aromatic rings. The Hall–Kier alpha value is -2.50. The first-order valence-electron chi connectivity index (χ1n) is 11.1. The molecule has 0 radical (unpaired) electrons. The molecule has 1 aliphatic rings. The van der Waals surface area contributed by atoms with Crippen LogP contribution in [0, 0.1) is 5.82 Å². The van der Waals surface area contributed by atoms with E-state index in [1.54, 1.807) is 35.2 Å². The number of nitrogens with one attached hydrogen (secondary N) is 1. The van der Waals surface area contributed by atoms with E-state index < -0.39 is 21.7 Å². The molecule has 2 amide bonds. The van der Waals surface area contributed by atoms with Crippen LogP contribution in [0.4, 0.5) is 4.39 Å². The van der Waals surface area contributed by atoms with Crippen LogP contribution in [0.2, 0.25) is 0 Å². The average Bonchev–Trinajstić information content (AvgIpc) is 2.75. The molecule has 11 heteroatoms. The van der Waals surface area contributed by atoms with Gasteiger partial charge < -0.3 is 9.64 Å². The summed E-state index contributed by atoms with van der Waals surface area (Å²) in [5.41, 5.74) is 1.33. The van der Waals surface area contributed by atoms with E-state index in [2.05, 4.69) is 20.8 Å². The van der Waals surface area contributed by atoms with E-state index in [1.165, 1.54) is 12.1 Å². The standard InChI is InChI=1S/C24H29BrFN3O5S/c1-16-12-29(17(2)11-28(16)13-19-4-7-22(26)8-5-19)24(31)14-34-23-9-6-21(25)10-20(23)15-35(32,33)27-18(3)30/h4-10,16-17H,11-15H2,1-3H3,(H,27,30)/t16-,17+/m0/s1. The maximum Gasteiger partial charge on any atom is 0.260 e. The molecule has 35 heavy (non-hydrogen) atoms. The molecule has 2 atom stereocenters. The third kappa shape index (κ3) is 7.74. The second-order valence-electron chi connectivity index (χ2n) is 8.76. The van der Waals surface area contributed by atoms with Crippen molar-refractivity contribution in [3.05, 3.63) is 63.9 Å². The van der Waals surface area contributed by atoms with Gasteiger partial charge in [0.15, 0.2) is 6.61 Å². The molecule has 1 N–H and O–H groups in total. The molecule has 2 aromatic carbocycles. The van der Waals surface area contributed by atoms with E-state index in [0.717, 1.165) is 12.5 Å². The van der Waals surface area contributed by atoms with Gasteiger partial charge in [0.1, 0.15) is 11.6 Å². The molecule has 0 spiro atoms. The lowest BCUT2D eigenvalue weighted by Crippen LogP contribution is -2.58. The highest BCUT2D eigenvalue weighted by Crippen LogP contribution is 2.26. The normalized spacial score (nSPS) is 18.8. The Morgan fingerprint density at radius 2 is 1.80 bits per heavy atom. The first kappa shape index (κ1) is 27.1. The molecule has 0 unspecified atom stereocenters. The zero-order valence-corrected chi connectivity index (χ0v) is 22.2. The number of piperazine rings is 1. The summed E-state index contributed by atoms with van der Waals surface area (Å²) in [6.45, 7) is 6.70. The zero-order valence-electron chi connectivity index (χ0n) is 19.8. The highest BCUT2D eigenvalue weighted by atomic mass is 79.9. The fraction of sp³-hybridized carbons (Fsp3) is 0.417. The summed E-state index contributed by atoms with van der Waals surface area (Å²) < 4.78 is 45.9. The predicted octanol–water partition coefficient (Wildman–Crippen LogP) is 3.05. The second-order valence-corrected chi connectivity index (χ2v) is 11.4. The van der Waals surface area contributed by atoms with Gasteiger partial charge in [0, 0.05) is 48.7 Å². The smallest absolute Gasteiger partial charge is 0.260 e. The van der Waals surface area contributed by atoms with E-state index >= 15 is 0 Å². The summed E-state index contributed by atoms with van der Waals surface area (Å²) in [4.78, 5) is 28.2. The maximum atomic E-state index is 13.2. The summed E-state index contributed by atoms with van der Waals surface area (Å²) in [5.74, 6) is -1.37. The minimum absolute atomic E-state index is 0.0627. The predicted molar refractivity (Wildman–Crippen MR) is 134 cm³/mol. The first-order valence-corrected chi connectivity index (χ1v) is 13.6. The zero-order chi connectivity index (χ0) is 25.8. The molecule has 0 aliphatic carbocycles. The average molecular weight is 570 g/mol. The van der Waals surface area contributed by atoms with Gasteiger partial charge in [-0.2, -0.15) is 0 Å². The number of amides is 2. The number of nitrogens with zero attached hydrogens (tertiary/aromatic N) is 2. The van der Waals surface area contributed by atoms with Gasteiger partial charge in [-0.3, -0.25) is 19.2 Å². The second kappa shape index (κ2) is 11.5. The Kier molecular flexibility index (Phi) is 8.89. The molecule has 8 nitrogen and oxygen atoms in total. The summed E-state index contributed by atoms with van der Waals surface area (Å²) in [7, 11) is -3.90. The topological polar surface area (TPSA) is 96.0 Å². The number of hydrogen-bond donors (Lipinski definition) is 1. The van der Waals surface area contributed by atoms with Gasteiger partial charge in [0.2, 0.25) is 15.9 Å². The number of rotatable bonds is 8. The Bertz CT molecular complexity index is 1180. The van der Waals surface area contributed by atoms with E-state index in [4.69, 9.17) is 4.74 Å². The fourth-order valence-electron chi connectivity index (χ4n) is 4.07. The van der Waals surface area contributed by atoms with Crippen LogP contribution in [0.3, 0.4) is 0 Å². The van der Waals surface area contributed by atoms with Crippen molar-refractivity contribution in [2.75, 3.05) is 19.7 Å². The molecular formula is C24H29BrFN3O5S. The number of halogens is 2. The van der Waals surface area contributed by atoms with Crippen molar-refractivity contribution in [3.63, 3.8) is 0 Å². The van der Waals surface area contributed by atoms with Crippen molar-refractivity contribution in [2.24, 2.45) is 0 Å². The van der Waals surface area contributed by atoms with Crippen LogP contribution in [0.5, 0.6) is 5.75 Å². The quantitative estimate of drug-likeness (QED) is 0.525. The molecule has 190 valence electrons. The maximum absolute atomic E-state index is 13.2. The monoisotopic (exact) mass is 569 g/mol. The lowest BCUT2D eigenvalue weighted by molar-refractivity contribution is -0.139. The third-order valence-electron chi connectivity index (χ3n) is 5.75. The molecule has 1 saturated heterocycles. The van der Waals surface area contributed by atoms with Crippen molar-refractivity contribution in [3.8, 4) is 5.75 Å². The van der Waals surface area contributed by atoms with Crippen molar-refractivity contribution in [1.29, 1.82) is 0 Å². The number of sulfonamides is 1.